The Morgan fingerprint density at radius 2 is 1.79 bits per heavy atom. The zero-order valence-corrected chi connectivity index (χ0v) is 14.9. The van der Waals surface area contributed by atoms with Crippen molar-refractivity contribution in [1.82, 2.24) is 5.32 Å². The second-order valence-electron chi connectivity index (χ2n) is 4.99. The van der Waals surface area contributed by atoms with Gasteiger partial charge in [-0.2, -0.15) is 0 Å². The first kappa shape index (κ1) is 15.0. The van der Waals surface area contributed by atoms with Gasteiger partial charge in [0.15, 0.2) is 0 Å². The fraction of sp³-hybridized carbons (Fsp3) is 0.375. The van der Waals surface area contributed by atoms with Crippen LogP contribution in [0.2, 0.25) is 0 Å². The van der Waals surface area contributed by atoms with Crippen molar-refractivity contribution in [3.63, 3.8) is 0 Å². The Balaban J connectivity index is 2.51. The molecule has 0 aliphatic heterocycles. The number of aryl methyl sites for hydroxylation is 3. The molecule has 0 aliphatic carbocycles. The van der Waals surface area contributed by atoms with Crippen LogP contribution in [0.1, 0.15) is 40.8 Å². The Morgan fingerprint density at radius 3 is 2.26 bits per heavy atom. The first-order valence-corrected chi connectivity index (χ1v) is 8.53. The van der Waals surface area contributed by atoms with Gasteiger partial charge in [0.1, 0.15) is 0 Å². The summed E-state index contributed by atoms with van der Waals surface area (Å²) in [5.41, 5.74) is 6.91. The van der Waals surface area contributed by atoms with Crippen molar-refractivity contribution in [1.29, 1.82) is 0 Å². The van der Waals surface area contributed by atoms with Gasteiger partial charge in [0.25, 0.3) is 0 Å². The molecule has 0 spiro atoms. The van der Waals surface area contributed by atoms with Crippen LogP contribution in [-0.2, 0) is 0 Å². The lowest BCUT2D eigenvalue weighted by Gasteiger charge is -2.22. The summed E-state index contributed by atoms with van der Waals surface area (Å²) in [4.78, 5) is 0. The quantitative estimate of drug-likeness (QED) is 0.733. The molecule has 1 unspecified atom stereocenters. The van der Waals surface area contributed by atoms with Gasteiger partial charge in [-0.05, 0) is 83.6 Å². The van der Waals surface area contributed by atoms with Crippen molar-refractivity contribution in [3.05, 3.63) is 54.3 Å². The normalized spacial score (nSPS) is 12.7. The van der Waals surface area contributed by atoms with E-state index in [2.05, 4.69) is 79.2 Å². The van der Waals surface area contributed by atoms with Crippen molar-refractivity contribution >= 4 is 33.9 Å². The monoisotopic (exact) mass is 385 g/mol. The fourth-order valence-electron chi connectivity index (χ4n) is 2.71. The first-order chi connectivity index (χ1) is 9.02. The smallest absolute Gasteiger partial charge is 0.0656 e. The van der Waals surface area contributed by atoms with E-state index < -0.39 is 0 Å². The molecular weight excluding hydrogens is 365 g/mol. The fourth-order valence-corrected chi connectivity index (χ4v) is 4.11. The number of hydrogen-bond donors (Lipinski definition) is 1. The predicted molar refractivity (Wildman–Crippen MR) is 93.2 cm³/mol. The van der Waals surface area contributed by atoms with E-state index in [-0.39, 0.29) is 0 Å². The lowest BCUT2D eigenvalue weighted by molar-refractivity contribution is 0.626. The van der Waals surface area contributed by atoms with E-state index in [1.807, 2.05) is 11.3 Å². The maximum atomic E-state index is 3.63. The predicted octanol–water partition coefficient (Wildman–Crippen LogP) is 4.98. The van der Waals surface area contributed by atoms with Crippen molar-refractivity contribution in [3.8, 4) is 0 Å². The molecule has 102 valence electrons. The van der Waals surface area contributed by atoms with Crippen LogP contribution in [-0.4, -0.2) is 6.54 Å². The highest BCUT2D eigenvalue weighted by Gasteiger charge is 2.18. The summed E-state index contributed by atoms with van der Waals surface area (Å²) >= 11 is 4.21. The average molecular weight is 385 g/mol. The van der Waals surface area contributed by atoms with Gasteiger partial charge >= 0.3 is 0 Å². The molecule has 1 aromatic carbocycles. The molecule has 3 heteroatoms. The van der Waals surface area contributed by atoms with Gasteiger partial charge in [-0.3, -0.25) is 0 Å². The number of nitrogens with one attached hydrogen (secondary N) is 1. The number of benzene rings is 1. The SMILES string of the molecule is CCNC(c1csc(I)c1)c1c(C)cc(C)cc1C. The third-order valence-corrected chi connectivity index (χ3v) is 5.16. The van der Waals surface area contributed by atoms with E-state index in [0.717, 1.165) is 6.54 Å². The van der Waals surface area contributed by atoms with E-state index in [0.29, 0.717) is 6.04 Å². The zero-order valence-electron chi connectivity index (χ0n) is 11.9. The summed E-state index contributed by atoms with van der Waals surface area (Å²) in [7, 11) is 0. The maximum absolute atomic E-state index is 3.63. The molecule has 2 rings (SSSR count). The van der Waals surface area contributed by atoms with E-state index >= 15 is 0 Å². The molecule has 1 aromatic heterocycles. The van der Waals surface area contributed by atoms with Gasteiger partial charge in [0.2, 0.25) is 0 Å². The van der Waals surface area contributed by atoms with E-state index in [9.17, 15) is 0 Å². The van der Waals surface area contributed by atoms with Crippen molar-refractivity contribution < 1.29 is 0 Å². The average Bonchev–Trinajstić information content (AvgIpc) is 2.73. The van der Waals surface area contributed by atoms with Crippen molar-refractivity contribution in [2.45, 2.75) is 33.7 Å². The summed E-state index contributed by atoms with van der Waals surface area (Å²) < 4.78 is 1.35. The zero-order chi connectivity index (χ0) is 14.0. The summed E-state index contributed by atoms with van der Waals surface area (Å²) in [6.45, 7) is 9.75. The first-order valence-electron chi connectivity index (χ1n) is 6.58. The van der Waals surface area contributed by atoms with Crippen LogP contribution in [0.15, 0.2) is 23.6 Å². The molecular formula is C16H20INS. The standard InChI is InChI=1S/C16H20INS/c1-5-18-16(13-8-14(17)19-9-13)15-11(3)6-10(2)7-12(15)4/h6-9,16,18H,5H2,1-4H3. The topological polar surface area (TPSA) is 12.0 Å². The second-order valence-corrected chi connectivity index (χ2v) is 7.79. The minimum Gasteiger partial charge on any atom is -0.306 e. The Labute approximate surface area is 133 Å². The number of thiophene rings is 1. The largest absolute Gasteiger partial charge is 0.306 e. The molecule has 0 saturated heterocycles. The molecule has 0 aliphatic rings. The van der Waals surface area contributed by atoms with Crippen LogP contribution in [0.3, 0.4) is 0 Å². The highest BCUT2D eigenvalue weighted by molar-refractivity contribution is 14.1. The van der Waals surface area contributed by atoms with Gasteiger partial charge < -0.3 is 5.32 Å². The molecule has 1 atom stereocenters. The number of halogens is 1. The molecule has 1 heterocycles. The van der Waals surface area contributed by atoms with Gasteiger partial charge in [-0.1, -0.05) is 24.6 Å². The Bertz CT molecular complexity index is 551. The lowest BCUT2D eigenvalue weighted by atomic mass is 9.91. The van der Waals surface area contributed by atoms with Gasteiger partial charge in [0.05, 0.1) is 8.93 Å². The van der Waals surface area contributed by atoms with Crippen LogP contribution in [0, 0.1) is 23.7 Å². The van der Waals surface area contributed by atoms with E-state index in [1.165, 1.54) is 30.7 Å². The third-order valence-electron chi connectivity index (χ3n) is 3.36. The molecule has 1 N–H and O–H groups in total. The van der Waals surface area contributed by atoms with Crippen LogP contribution < -0.4 is 5.32 Å². The van der Waals surface area contributed by atoms with Gasteiger partial charge in [-0.15, -0.1) is 11.3 Å². The molecule has 0 saturated carbocycles. The lowest BCUT2D eigenvalue weighted by Crippen LogP contribution is -2.23. The highest BCUT2D eigenvalue weighted by atomic mass is 127. The minimum atomic E-state index is 0.311. The molecule has 1 nitrogen and oxygen atoms in total. The molecule has 0 radical (unpaired) electrons. The van der Waals surface area contributed by atoms with Crippen LogP contribution in [0.25, 0.3) is 0 Å². The number of hydrogen-bond acceptors (Lipinski definition) is 2. The van der Waals surface area contributed by atoms with E-state index in [1.54, 1.807) is 0 Å². The van der Waals surface area contributed by atoms with Crippen LogP contribution in [0.4, 0.5) is 0 Å². The van der Waals surface area contributed by atoms with Crippen LogP contribution in [0.5, 0.6) is 0 Å². The maximum Gasteiger partial charge on any atom is 0.0656 e. The third kappa shape index (κ3) is 3.38. The Kier molecular flexibility index (Phi) is 5.03. The van der Waals surface area contributed by atoms with Crippen molar-refractivity contribution in [2.75, 3.05) is 6.54 Å². The second kappa shape index (κ2) is 6.37. The summed E-state index contributed by atoms with van der Waals surface area (Å²) in [6, 6.07) is 7.16. The Morgan fingerprint density at radius 1 is 1.16 bits per heavy atom. The molecule has 0 bridgehead atoms. The Hall–Kier alpha value is -0.390. The molecule has 0 amide bonds. The van der Waals surface area contributed by atoms with Crippen molar-refractivity contribution in [2.24, 2.45) is 0 Å². The van der Waals surface area contributed by atoms with Gasteiger partial charge in [0, 0.05) is 0 Å². The minimum absolute atomic E-state index is 0.311. The molecule has 19 heavy (non-hydrogen) atoms. The molecule has 2 aromatic rings. The van der Waals surface area contributed by atoms with Crippen LogP contribution >= 0.6 is 33.9 Å². The molecule has 0 fully saturated rings. The summed E-state index contributed by atoms with van der Waals surface area (Å²) in [5.74, 6) is 0. The summed E-state index contributed by atoms with van der Waals surface area (Å²) in [6.07, 6.45) is 0. The number of rotatable bonds is 4. The summed E-state index contributed by atoms with van der Waals surface area (Å²) in [5, 5.41) is 5.90. The van der Waals surface area contributed by atoms with E-state index in [4.69, 9.17) is 0 Å². The highest BCUT2D eigenvalue weighted by Crippen LogP contribution is 2.31. The van der Waals surface area contributed by atoms with Gasteiger partial charge in [-0.25, -0.2) is 0 Å².